The minimum Gasteiger partial charge on any atom is -0.335 e. The number of likely N-dealkylation sites (N-methyl/N-ethyl adjacent to an activating group) is 1. The smallest absolute Gasteiger partial charge is 0.269 e. The van der Waals surface area contributed by atoms with E-state index in [2.05, 4.69) is 6.58 Å². The first-order valence-electron chi connectivity index (χ1n) is 5.24. The van der Waals surface area contributed by atoms with Crippen LogP contribution in [-0.2, 0) is 0 Å². The number of hydrogen-bond acceptors (Lipinski definition) is 3. The predicted octanol–water partition coefficient (Wildman–Crippen LogP) is 2.24. The van der Waals surface area contributed by atoms with Gasteiger partial charge in [0.15, 0.2) is 0 Å². The lowest BCUT2D eigenvalue weighted by Crippen LogP contribution is -2.30. The fourth-order valence-electron chi connectivity index (χ4n) is 1.42. The molecule has 1 aromatic carbocycles. The zero-order valence-corrected chi connectivity index (χ0v) is 9.63. The van der Waals surface area contributed by atoms with Gasteiger partial charge in [-0.15, -0.1) is 6.58 Å². The van der Waals surface area contributed by atoms with Gasteiger partial charge in [0.2, 0.25) is 0 Å². The molecule has 0 aliphatic carbocycles. The standard InChI is InChI=1S/C12H14N2O3/c1-3-9-13(4-2)12(15)10-5-7-11(8-6-10)14(16)17/h3,5-8H,1,4,9H2,2H3. The second-order valence-electron chi connectivity index (χ2n) is 3.44. The van der Waals surface area contributed by atoms with Crippen molar-refractivity contribution < 1.29 is 9.72 Å². The molecule has 5 nitrogen and oxygen atoms in total. The molecule has 1 aromatic rings. The molecule has 0 unspecified atom stereocenters. The summed E-state index contributed by atoms with van der Waals surface area (Å²) in [5.41, 5.74) is 0.424. The summed E-state index contributed by atoms with van der Waals surface area (Å²) in [6, 6.07) is 5.59. The lowest BCUT2D eigenvalue weighted by Gasteiger charge is -2.18. The van der Waals surface area contributed by atoms with E-state index in [0.29, 0.717) is 18.7 Å². The Morgan fingerprint density at radius 1 is 1.47 bits per heavy atom. The third kappa shape index (κ3) is 3.14. The number of carbonyl (C=O) groups is 1. The van der Waals surface area contributed by atoms with Crippen LogP contribution < -0.4 is 0 Å². The Balaban J connectivity index is 2.88. The molecule has 0 N–H and O–H groups in total. The summed E-state index contributed by atoms with van der Waals surface area (Å²) in [4.78, 5) is 23.5. The van der Waals surface area contributed by atoms with Gasteiger partial charge in [-0.2, -0.15) is 0 Å². The first-order valence-corrected chi connectivity index (χ1v) is 5.24. The van der Waals surface area contributed by atoms with Crippen molar-refractivity contribution in [2.45, 2.75) is 6.92 Å². The highest BCUT2D eigenvalue weighted by Gasteiger charge is 2.14. The third-order valence-corrected chi connectivity index (χ3v) is 2.34. The number of non-ortho nitro benzene ring substituents is 1. The molecule has 0 atom stereocenters. The second-order valence-corrected chi connectivity index (χ2v) is 3.44. The van der Waals surface area contributed by atoms with E-state index in [1.807, 2.05) is 6.92 Å². The molecular weight excluding hydrogens is 220 g/mol. The topological polar surface area (TPSA) is 63.5 Å². The molecule has 90 valence electrons. The van der Waals surface area contributed by atoms with Crippen molar-refractivity contribution in [3.63, 3.8) is 0 Å². The number of nitro groups is 1. The van der Waals surface area contributed by atoms with Crippen LogP contribution in [0.25, 0.3) is 0 Å². The number of nitro benzene ring substituents is 1. The molecule has 0 saturated carbocycles. The largest absolute Gasteiger partial charge is 0.335 e. The maximum Gasteiger partial charge on any atom is 0.269 e. The van der Waals surface area contributed by atoms with Gasteiger partial charge in [-0.25, -0.2) is 0 Å². The van der Waals surface area contributed by atoms with Crippen LogP contribution >= 0.6 is 0 Å². The summed E-state index contributed by atoms with van der Waals surface area (Å²) in [5, 5.41) is 10.5. The Hall–Kier alpha value is -2.17. The highest BCUT2D eigenvalue weighted by atomic mass is 16.6. The van der Waals surface area contributed by atoms with Gasteiger partial charge in [0.1, 0.15) is 0 Å². The van der Waals surface area contributed by atoms with E-state index in [9.17, 15) is 14.9 Å². The summed E-state index contributed by atoms with van der Waals surface area (Å²) in [6.45, 7) is 6.48. The fraction of sp³-hybridized carbons (Fsp3) is 0.250. The van der Waals surface area contributed by atoms with Crippen LogP contribution in [0.5, 0.6) is 0 Å². The van der Waals surface area contributed by atoms with Gasteiger partial charge in [0.25, 0.3) is 11.6 Å². The van der Waals surface area contributed by atoms with Crippen LogP contribution in [0.1, 0.15) is 17.3 Å². The van der Waals surface area contributed by atoms with Crippen molar-refractivity contribution >= 4 is 11.6 Å². The zero-order valence-electron chi connectivity index (χ0n) is 9.63. The lowest BCUT2D eigenvalue weighted by atomic mass is 10.2. The Morgan fingerprint density at radius 3 is 2.47 bits per heavy atom. The number of carbonyl (C=O) groups excluding carboxylic acids is 1. The average molecular weight is 234 g/mol. The quantitative estimate of drug-likeness (QED) is 0.446. The average Bonchev–Trinajstić information content (AvgIpc) is 2.35. The zero-order chi connectivity index (χ0) is 12.8. The second kappa shape index (κ2) is 5.79. The number of hydrogen-bond donors (Lipinski definition) is 0. The molecule has 0 spiro atoms. The van der Waals surface area contributed by atoms with Crippen molar-refractivity contribution in [1.29, 1.82) is 0 Å². The minimum absolute atomic E-state index is 0.0201. The summed E-state index contributed by atoms with van der Waals surface area (Å²) in [5.74, 6) is -0.151. The van der Waals surface area contributed by atoms with Gasteiger partial charge in [-0.3, -0.25) is 14.9 Å². The first-order chi connectivity index (χ1) is 8.10. The summed E-state index contributed by atoms with van der Waals surface area (Å²) < 4.78 is 0. The summed E-state index contributed by atoms with van der Waals surface area (Å²) in [7, 11) is 0. The molecule has 0 saturated heterocycles. The van der Waals surface area contributed by atoms with Crippen molar-refractivity contribution in [2.24, 2.45) is 0 Å². The molecule has 1 rings (SSSR count). The van der Waals surface area contributed by atoms with Crippen LogP contribution in [0, 0.1) is 10.1 Å². The van der Waals surface area contributed by atoms with Gasteiger partial charge >= 0.3 is 0 Å². The van der Waals surface area contributed by atoms with Crippen molar-refractivity contribution in [3.05, 3.63) is 52.6 Å². The number of nitrogens with zero attached hydrogens (tertiary/aromatic N) is 2. The highest BCUT2D eigenvalue weighted by Crippen LogP contribution is 2.13. The predicted molar refractivity (Wildman–Crippen MR) is 64.9 cm³/mol. The summed E-state index contributed by atoms with van der Waals surface area (Å²) >= 11 is 0. The SMILES string of the molecule is C=CCN(CC)C(=O)c1ccc([N+](=O)[O-])cc1. The molecular formula is C12H14N2O3. The lowest BCUT2D eigenvalue weighted by molar-refractivity contribution is -0.384. The molecule has 1 amide bonds. The van der Waals surface area contributed by atoms with Gasteiger partial charge in [0.05, 0.1) is 4.92 Å². The van der Waals surface area contributed by atoms with Crippen LogP contribution in [0.15, 0.2) is 36.9 Å². The van der Waals surface area contributed by atoms with E-state index in [0.717, 1.165) is 0 Å². The molecule has 0 radical (unpaired) electrons. The maximum absolute atomic E-state index is 12.0. The first kappa shape index (κ1) is 12.9. The number of rotatable bonds is 5. The van der Waals surface area contributed by atoms with E-state index in [4.69, 9.17) is 0 Å². The van der Waals surface area contributed by atoms with Crippen LogP contribution in [0.4, 0.5) is 5.69 Å². The van der Waals surface area contributed by atoms with Gasteiger partial charge in [-0.1, -0.05) is 6.08 Å². The molecule has 0 fully saturated rings. The van der Waals surface area contributed by atoms with E-state index in [1.165, 1.54) is 24.3 Å². The van der Waals surface area contributed by atoms with Crippen LogP contribution in [-0.4, -0.2) is 28.8 Å². The van der Waals surface area contributed by atoms with Crippen LogP contribution in [0.3, 0.4) is 0 Å². The van der Waals surface area contributed by atoms with Crippen molar-refractivity contribution in [2.75, 3.05) is 13.1 Å². The monoisotopic (exact) mass is 234 g/mol. The van der Waals surface area contributed by atoms with Gasteiger partial charge in [0, 0.05) is 30.8 Å². The van der Waals surface area contributed by atoms with E-state index in [1.54, 1.807) is 11.0 Å². The molecule has 0 aliphatic heterocycles. The van der Waals surface area contributed by atoms with Crippen LogP contribution in [0.2, 0.25) is 0 Å². The maximum atomic E-state index is 12.0. The van der Waals surface area contributed by atoms with Crippen molar-refractivity contribution in [3.8, 4) is 0 Å². The molecule has 0 aromatic heterocycles. The molecule has 0 aliphatic rings. The van der Waals surface area contributed by atoms with E-state index < -0.39 is 4.92 Å². The summed E-state index contributed by atoms with van der Waals surface area (Å²) in [6.07, 6.45) is 1.65. The van der Waals surface area contributed by atoms with E-state index >= 15 is 0 Å². The fourth-order valence-corrected chi connectivity index (χ4v) is 1.42. The number of amides is 1. The number of benzene rings is 1. The minimum atomic E-state index is -0.490. The normalized spacial score (nSPS) is 9.71. The van der Waals surface area contributed by atoms with E-state index in [-0.39, 0.29) is 11.6 Å². The third-order valence-electron chi connectivity index (χ3n) is 2.34. The molecule has 5 heteroatoms. The Labute approximate surface area is 99.5 Å². The Bertz CT molecular complexity index is 426. The molecule has 17 heavy (non-hydrogen) atoms. The molecule has 0 heterocycles. The van der Waals surface area contributed by atoms with Gasteiger partial charge in [-0.05, 0) is 19.1 Å². The Kier molecular flexibility index (Phi) is 4.39. The molecule has 0 bridgehead atoms. The Morgan fingerprint density at radius 2 is 2.06 bits per heavy atom. The van der Waals surface area contributed by atoms with Crippen molar-refractivity contribution in [1.82, 2.24) is 4.90 Å². The highest BCUT2D eigenvalue weighted by molar-refractivity contribution is 5.94. The van der Waals surface area contributed by atoms with Gasteiger partial charge < -0.3 is 4.90 Å².